The van der Waals surface area contributed by atoms with Crippen molar-refractivity contribution < 1.29 is 0 Å². The summed E-state index contributed by atoms with van der Waals surface area (Å²) in [5, 5.41) is 0. The smallest absolute Gasteiger partial charge is 0.0484 e. The summed E-state index contributed by atoms with van der Waals surface area (Å²) in [5.74, 6) is 0. The third-order valence-electron chi connectivity index (χ3n) is 2.24. The molecule has 1 aromatic rings. The van der Waals surface area contributed by atoms with E-state index in [0.29, 0.717) is 0 Å². The van der Waals surface area contributed by atoms with Gasteiger partial charge >= 0.3 is 0 Å². The predicted molar refractivity (Wildman–Crippen MR) is 60.7 cm³/mol. The first-order valence-electron chi connectivity index (χ1n) is 4.73. The van der Waals surface area contributed by atoms with Crippen molar-refractivity contribution in [2.45, 2.75) is 6.04 Å². The van der Waals surface area contributed by atoms with E-state index in [2.05, 4.69) is 24.3 Å². The third-order valence-corrected chi connectivity index (χ3v) is 2.24. The maximum Gasteiger partial charge on any atom is 0.0484 e. The minimum Gasteiger partial charge on any atom is -0.321 e. The van der Waals surface area contributed by atoms with E-state index < -0.39 is 0 Å². The number of hydrogen-bond donors (Lipinski definition) is 1. The molecule has 2 rings (SSSR count). The van der Waals surface area contributed by atoms with Crippen molar-refractivity contribution in [1.29, 1.82) is 0 Å². The summed E-state index contributed by atoms with van der Waals surface area (Å²) in [4.78, 5) is 0. The van der Waals surface area contributed by atoms with Crippen LogP contribution in [0.1, 0.15) is 5.56 Å². The Morgan fingerprint density at radius 2 is 1.86 bits per heavy atom. The Kier molecular flexibility index (Phi) is 2.61. The highest BCUT2D eigenvalue weighted by Crippen LogP contribution is 2.14. The number of hydrogen-bond acceptors (Lipinski definition) is 1. The lowest BCUT2D eigenvalue weighted by atomic mass is 10.0. The summed E-state index contributed by atoms with van der Waals surface area (Å²) < 4.78 is 0. The van der Waals surface area contributed by atoms with E-state index in [1.165, 1.54) is 5.56 Å². The fourth-order valence-corrected chi connectivity index (χ4v) is 1.46. The van der Waals surface area contributed by atoms with Crippen LogP contribution < -0.4 is 5.73 Å². The molecule has 14 heavy (non-hydrogen) atoms. The topological polar surface area (TPSA) is 26.0 Å². The Bertz CT molecular complexity index is 385. The van der Waals surface area contributed by atoms with Gasteiger partial charge in [0.1, 0.15) is 0 Å². The van der Waals surface area contributed by atoms with Crippen molar-refractivity contribution in [3.05, 3.63) is 65.8 Å². The van der Waals surface area contributed by atoms with E-state index in [1.54, 1.807) is 0 Å². The summed E-state index contributed by atoms with van der Waals surface area (Å²) in [7, 11) is 0. The van der Waals surface area contributed by atoms with Crippen LogP contribution >= 0.6 is 0 Å². The molecule has 1 unspecified atom stereocenters. The highest BCUT2D eigenvalue weighted by molar-refractivity contribution is 5.59. The normalized spacial score (nSPS) is 22.9. The summed E-state index contributed by atoms with van der Waals surface area (Å²) in [6.07, 6.45) is 10.2. The fourth-order valence-electron chi connectivity index (χ4n) is 1.46. The Hall–Kier alpha value is -1.60. The zero-order valence-corrected chi connectivity index (χ0v) is 7.93. The molecule has 0 aromatic heterocycles. The molecule has 0 amide bonds. The lowest BCUT2D eigenvalue weighted by molar-refractivity contribution is 0.979. The minimum atomic E-state index is 0.0280. The zero-order chi connectivity index (χ0) is 9.80. The molecule has 0 bridgehead atoms. The first-order chi connectivity index (χ1) is 6.86. The molecule has 1 aromatic carbocycles. The van der Waals surface area contributed by atoms with Crippen molar-refractivity contribution in [2.24, 2.45) is 5.73 Å². The Balaban J connectivity index is 2.27. The summed E-state index contributed by atoms with van der Waals surface area (Å²) >= 11 is 0. The van der Waals surface area contributed by atoms with E-state index in [4.69, 9.17) is 5.73 Å². The van der Waals surface area contributed by atoms with Gasteiger partial charge in [-0.05, 0) is 17.2 Å². The molecule has 0 saturated carbocycles. The van der Waals surface area contributed by atoms with Gasteiger partial charge in [0, 0.05) is 6.04 Å². The Morgan fingerprint density at radius 1 is 1.07 bits per heavy atom. The van der Waals surface area contributed by atoms with Crippen LogP contribution in [0.25, 0.3) is 6.08 Å². The molecule has 0 heterocycles. The van der Waals surface area contributed by atoms with Gasteiger partial charge in [-0.25, -0.2) is 0 Å². The number of benzene rings is 1. The largest absolute Gasteiger partial charge is 0.321 e. The average molecular weight is 183 g/mol. The first-order valence-corrected chi connectivity index (χ1v) is 4.73. The molecule has 1 nitrogen and oxygen atoms in total. The quantitative estimate of drug-likeness (QED) is 0.711. The third kappa shape index (κ3) is 2.01. The van der Waals surface area contributed by atoms with Gasteiger partial charge in [-0.15, -0.1) is 0 Å². The first kappa shape index (κ1) is 8.97. The van der Waals surface area contributed by atoms with Crippen LogP contribution in [-0.4, -0.2) is 6.04 Å². The molecule has 0 radical (unpaired) electrons. The molecular weight excluding hydrogens is 170 g/mol. The van der Waals surface area contributed by atoms with Crippen LogP contribution in [0.2, 0.25) is 0 Å². The van der Waals surface area contributed by atoms with E-state index in [0.717, 1.165) is 5.57 Å². The summed E-state index contributed by atoms with van der Waals surface area (Å²) in [6.45, 7) is 0. The predicted octanol–water partition coefficient (Wildman–Crippen LogP) is 2.52. The second-order valence-electron chi connectivity index (χ2n) is 3.32. The second kappa shape index (κ2) is 4.07. The SMILES string of the molecule is NC1C=CC=C/C1=C\c1ccccc1. The van der Waals surface area contributed by atoms with E-state index in [-0.39, 0.29) is 6.04 Å². The van der Waals surface area contributed by atoms with Gasteiger partial charge in [-0.1, -0.05) is 54.6 Å². The molecule has 0 fully saturated rings. The molecule has 1 atom stereocenters. The van der Waals surface area contributed by atoms with Crippen LogP contribution in [0.5, 0.6) is 0 Å². The van der Waals surface area contributed by atoms with Crippen molar-refractivity contribution in [3.8, 4) is 0 Å². The molecule has 0 spiro atoms. The Morgan fingerprint density at radius 3 is 2.57 bits per heavy atom. The molecule has 1 aliphatic carbocycles. The second-order valence-corrected chi connectivity index (χ2v) is 3.32. The van der Waals surface area contributed by atoms with Gasteiger partial charge in [0.05, 0.1) is 0 Å². The standard InChI is InChI=1S/C13H13N/c14-13-9-5-4-8-12(13)10-11-6-2-1-3-7-11/h1-10,13H,14H2/b12-10+. The minimum absolute atomic E-state index is 0.0280. The monoisotopic (exact) mass is 183 g/mol. The number of allylic oxidation sites excluding steroid dienone is 2. The highest BCUT2D eigenvalue weighted by Gasteiger charge is 2.04. The summed E-state index contributed by atoms with van der Waals surface area (Å²) in [6, 6.07) is 10.2. The fraction of sp³-hybridized carbons (Fsp3) is 0.0769. The summed E-state index contributed by atoms with van der Waals surface area (Å²) in [5.41, 5.74) is 8.26. The van der Waals surface area contributed by atoms with Crippen LogP contribution in [0.15, 0.2) is 60.2 Å². The van der Waals surface area contributed by atoms with Crippen molar-refractivity contribution in [1.82, 2.24) is 0 Å². The van der Waals surface area contributed by atoms with Crippen LogP contribution in [0, 0.1) is 0 Å². The molecule has 1 heteroatoms. The molecular formula is C13H13N. The number of nitrogens with two attached hydrogens (primary N) is 1. The van der Waals surface area contributed by atoms with Crippen molar-refractivity contribution in [2.75, 3.05) is 0 Å². The molecule has 0 saturated heterocycles. The van der Waals surface area contributed by atoms with Gasteiger partial charge < -0.3 is 5.73 Å². The maximum absolute atomic E-state index is 5.92. The van der Waals surface area contributed by atoms with Gasteiger partial charge in [0.2, 0.25) is 0 Å². The maximum atomic E-state index is 5.92. The van der Waals surface area contributed by atoms with Crippen LogP contribution in [0.4, 0.5) is 0 Å². The van der Waals surface area contributed by atoms with E-state index in [9.17, 15) is 0 Å². The molecule has 2 N–H and O–H groups in total. The highest BCUT2D eigenvalue weighted by atomic mass is 14.6. The Labute approximate surface area is 84.3 Å². The van der Waals surface area contributed by atoms with Gasteiger partial charge in [-0.2, -0.15) is 0 Å². The molecule has 1 aliphatic rings. The number of rotatable bonds is 1. The lowest BCUT2D eigenvalue weighted by Crippen LogP contribution is -2.19. The van der Waals surface area contributed by atoms with Gasteiger partial charge in [0.25, 0.3) is 0 Å². The zero-order valence-electron chi connectivity index (χ0n) is 7.93. The lowest BCUT2D eigenvalue weighted by Gasteiger charge is -2.11. The van der Waals surface area contributed by atoms with Crippen molar-refractivity contribution >= 4 is 6.08 Å². The van der Waals surface area contributed by atoms with Crippen molar-refractivity contribution in [3.63, 3.8) is 0 Å². The van der Waals surface area contributed by atoms with Crippen LogP contribution in [0.3, 0.4) is 0 Å². The molecule has 70 valence electrons. The molecule has 0 aliphatic heterocycles. The van der Waals surface area contributed by atoms with Crippen LogP contribution in [-0.2, 0) is 0 Å². The van der Waals surface area contributed by atoms with E-state index in [1.807, 2.05) is 36.4 Å². The van der Waals surface area contributed by atoms with E-state index >= 15 is 0 Å². The van der Waals surface area contributed by atoms with Gasteiger partial charge in [-0.3, -0.25) is 0 Å². The van der Waals surface area contributed by atoms with Gasteiger partial charge in [0.15, 0.2) is 0 Å². The average Bonchev–Trinajstić information content (AvgIpc) is 2.23.